The standard InChI is InChI=1S/C27H32O8/c1-4-5-6-7-21-8-10-22(11-9-21)23-12-24(32-17-34-26(30)19(2)15-28)14-25(13-23)33-18-35-27(31)20(3)16-29/h8-14,28-29H,2-7,15-18H2,1H3. The van der Waals surface area contributed by atoms with Gasteiger partial charge in [-0.2, -0.15) is 0 Å². The molecule has 35 heavy (non-hydrogen) atoms. The van der Waals surface area contributed by atoms with Crippen molar-refractivity contribution in [2.45, 2.75) is 32.6 Å². The molecule has 0 aliphatic heterocycles. The van der Waals surface area contributed by atoms with E-state index in [0.717, 1.165) is 24.0 Å². The number of hydrogen-bond acceptors (Lipinski definition) is 8. The molecule has 0 bridgehead atoms. The average Bonchev–Trinajstić information content (AvgIpc) is 2.88. The maximum atomic E-state index is 11.7. The monoisotopic (exact) mass is 484 g/mol. The molecule has 0 atom stereocenters. The van der Waals surface area contributed by atoms with E-state index in [0.29, 0.717) is 11.5 Å². The Labute approximate surface area is 205 Å². The molecule has 2 aromatic rings. The molecular formula is C27H32O8. The van der Waals surface area contributed by atoms with Crippen LogP contribution in [0.4, 0.5) is 0 Å². The lowest BCUT2D eigenvalue weighted by molar-refractivity contribution is -0.146. The van der Waals surface area contributed by atoms with Gasteiger partial charge in [-0.3, -0.25) is 0 Å². The van der Waals surface area contributed by atoms with Crippen molar-refractivity contribution < 1.29 is 38.7 Å². The van der Waals surface area contributed by atoms with Crippen molar-refractivity contribution in [3.8, 4) is 22.6 Å². The Morgan fingerprint density at radius 2 is 1.29 bits per heavy atom. The second-order valence-corrected chi connectivity index (χ2v) is 7.76. The molecule has 0 saturated carbocycles. The molecule has 0 unspecified atom stereocenters. The number of ether oxygens (including phenoxy) is 4. The summed E-state index contributed by atoms with van der Waals surface area (Å²) in [5.41, 5.74) is 2.76. The van der Waals surface area contributed by atoms with Gasteiger partial charge >= 0.3 is 11.9 Å². The van der Waals surface area contributed by atoms with Crippen LogP contribution in [0, 0.1) is 0 Å². The summed E-state index contributed by atoms with van der Waals surface area (Å²) in [5.74, 6) is -0.847. The number of aryl methyl sites for hydroxylation is 1. The quantitative estimate of drug-likeness (QED) is 0.169. The minimum atomic E-state index is -0.769. The SMILES string of the molecule is C=C(CO)C(=O)OCOc1cc(OCOC(=O)C(=C)CO)cc(-c2ccc(CCCCC)cc2)c1. The molecule has 0 fully saturated rings. The number of hydrogen-bond donors (Lipinski definition) is 2. The Balaban J connectivity index is 2.15. The third-order valence-electron chi connectivity index (χ3n) is 5.03. The topological polar surface area (TPSA) is 112 Å². The lowest BCUT2D eigenvalue weighted by Gasteiger charge is -2.13. The van der Waals surface area contributed by atoms with Crippen molar-refractivity contribution in [2.75, 3.05) is 26.8 Å². The van der Waals surface area contributed by atoms with Crippen LogP contribution < -0.4 is 9.47 Å². The van der Waals surface area contributed by atoms with E-state index in [4.69, 9.17) is 29.2 Å². The highest BCUT2D eigenvalue weighted by Crippen LogP contribution is 2.30. The Kier molecular flexibility index (Phi) is 11.5. The zero-order chi connectivity index (χ0) is 25.6. The van der Waals surface area contributed by atoms with Crippen LogP contribution in [-0.4, -0.2) is 49.0 Å². The third kappa shape index (κ3) is 9.27. The van der Waals surface area contributed by atoms with Crippen LogP contribution in [0.25, 0.3) is 11.1 Å². The maximum absolute atomic E-state index is 11.7. The minimum absolute atomic E-state index is 0.0864. The molecule has 0 saturated heterocycles. The highest BCUT2D eigenvalue weighted by atomic mass is 16.7. The van der Waals surface area contributed by atoms with E-state index in [1.165, 1.54) is 18.4 Å². The lowest BCUT2D eigenvalue weighted by Crippen LogP contribution is -2.14. The van der Waals surface area contributed by atoms with E-state index >= 15 is 0 Å². The Hall–Kier alpha value is -3.62. The van der Waals surface area contributed by atoms with E-state index in [9.17, 15) is 9.59 Å². The smallest absolute Gasteiger partial charge is 0.338 e. The fourth-order valence-corrected chi connectivity index (χ4v) is 2.98. The minimum Gasteiger partial charge on any atom is -0.457 e. The van der Waals surface area contributed by atoms with E-state index in [-0.39, 0.29) is 11.1 Å². The molecule has 188 valence electrons. The van der Waals surface area contributed by atoms with Gasteiger partial charge in [0.2, 0.25) is 13.6 Å². The van der Waals surface area contributed by atoms with Crippen LogP contribution in [0.2, 0.25) is 0 Å². The molecule has 2 N–H and O–H groups in total. The van der Waals surface area contributed by atoms with Gasteiger partial charge in [-0.1, -0.05) is 57.2 Å². The molecule has 0 aromatic heterocycles. The molecule has 0 heterocycles. The zero-order valence-electron chi connectivity index (χ0n) is 20.0. The molecular weight excluding hydrogens is 452 g/mol. The highest BCUT2D eigenvalue weighted by molar-refractivity contribution is 5.88. The van der Waals surface area contributed by atoms with Gasteiger partial charge in [0.05, 0.1) is 24.4 Å². The maximum Gasteiger partial charge on any atom is 0.338 e. The van der Waals surface area contributed by atoms with Crippen molar-refractivity contribution in [1.29, 1.82) is 0 Å². The van der Waals surface area contributed by atoms with Crippen LogP contribution in [0.5, 0.6) is 11.5 Å². The summed E-state index contributed by atoms with van der Waals surface area (Å²) in [5, 5.41) is 17.9. The van der Waals surface area contributed by atoms with Gasteiger partial charge < -0.3 is 29.2 Å². The van der Waals surface area contributed by atoms with Gasteiger partial charge in [-0.25, -0.2) is 9.59 Å². The predicted molar refractivity (Wildman–Crippen MR) is 131 cm³/mol. The van der Waals surface area contributed by atoms with E-state index in [2.05, 4.69) is 32.2 Å². The first kappa shape index (κ1) is 27.6. The fourth-order valence-electron chi connectivity index (χ4n) is 2.98. The molecule has 0 amide bonds. The van der Waals surface area contributed by atoms with Crippen LogP contribution in [-0.2, 0) is 25.5 Å². The van der Waals surface area contributed by atoms with Crippen molar-refractivity contribution in [2.24, 2.45) is 0 Å². The van der Waals surface area contributed by atoms with Crippen molar-refractivity contribution >= 4 is 11.9 Å². The highest BCUT2D eigenvalue weighted by Gasteiger charge is 2.11. The molecule has 2 aromatic carbocycles. The molecule has 0 spiro atoms. The van der Waals surface area contributed by atoms with Crippen molar-refractivity contribution in [3.63, 3.8) is 0 Å². The summed E-state index contributed by atoms with van der Waals surface area (Å²) in [6.07, 6.45) is 4.51. The molecule has 8 heteroatoms. The second kappa shape index (κ2) is 14.6. The first-order chi connectivity index (χ1) is 16.9. The van der Waals surface area contributed by atoms with Gasteiger partial charge in [0.15, 0.2) is 0 Å². The van der Waals surface area contributed by atoms with Gasteiger partial charge in [0, 0.05) is 6.07 Å². The van der Waals surface area contributed by atoms with E-state index in [1.54, 1.807) is 18.2 Å². The van der Waals surface area contributed by atoms with Crippen molar-refractivity contribution in [1.82, 2.24) is 0 Å². The first-order valence-corrected chi connectivity index (χ1v) is 11.3. The average molecular weight is 485 g/mol. The van der Waals surface area contributed by atoms with Gasteiger partial charge in [0.1, 0.15) is 11.5 Å². The van der Waals surface area contributed by atoms with Crippen LogP contribution in [0.3, 0.4) is 0 Å². The number of unbranched alkanes of at least 4 members (excludes halogenated alkanes) is 2. The number of rotatable bonds is 15. The second-order valence-electron chi connectivity index (χ2n) is 7.76. The Bertz CT molecular complexity index is 958. The van der Waals surface area contributed by atoms with Gasteiger partial charge in [0.25, 0.3) is 0 Å². The van der Waals surface area contributed by atoms with Crippen LogP contribution in [0.1, 0.15) is 31.7 Å². The summed E-state index contributed by atoms with van der Waals surface area (Å²) in [6, 6.07) is 13.2. The molecule has 0 aliphatic rings. The zero-order valence-corrected chi connectivity index (χ0v) is 20.0. The number of benzene rings is 2. The van der Waals surface area contributed by atoms with Crippen LogP contribution in [0.15, 0.2) is 66.8 Å². The number of aliphatic hydroxyl groups excluding tert-OH is 2. The summed E-state index contributed by atoms with van der Waals surface area (Å²) in [4.78, 5) is 23.3. The van der Waals surface area contributed by atoms with E-state index in [1.807, 2.05) is 12.1 Å². The summed E-state index contributed by atoms with van der Waals surface area (Å²) < 4.78 is 21.0. The lowest BCUT2D eigenvalue weighted by atomic mass is 10.0. The molecule has 8 nitrogen and oxygen atoms in total. The van der Waals surface area contributed by atoms with Gasteiger partial charge in [-0.05, 0) is 41.7 Å². The van der Waals surface area contributed by atoms with Gasteiger partial charge in [-0.15, -0.1) is 0 Å². The number of carbonyl (C=O) groups excluding carboxylic acids is 2. The molecule has 0 aliphatic carbocycles. The summed E-state index contributed by atoms with van der Waals surface area (Å²) >= 11 is 0. The predicted octanol–water partition coefficient (Wildman–Crippen LogP) is 3.94. The number of esters is 2. The largest absolute Gasteiger partial charge is 0.457 e. The Morgan fingerprint density at radius 1 is 0.771 bits per heavy atom. The first-order valence-electron chi connectivity index (χ1n) is 11.3. The summed E-state index contributed by atoms with van der Waals surface area (Å²) in [6.45, 7) is 7.15. The number of carbonyl (C=O) groups is 2. The fraction of sp³-hybridized carbons (Fsp3) is 0.333. The third-order valence-corrected chi connectivity index (χ3v) is 5.03. The van der Waals surface area contributed by atoms with E-state index < -0.39 is 38.7 Å². The van der Waals surface area contributed by atoms with Crippen LogP contribution >= 0.6 is 0 Å². The normalized spacial score (nSPS) is 10.4. The molecule has 0 radical (unpaired) electrons. The summed E-state index contributed by atoms with van der Waals surface area (Å²) in [7, 11) is 0. The molecule has 2 rings (SSSR count). The number of aliphatic hydroxyl groups is 2. The van der Waals surface area contributed by atoms with Crippen molar-refractivity contribution in [3.05, 3.63) is 72.3 Å². The Morgan fingerprint density at radius 3 is 1.74 bits per heavy atom.